The molecule has 0 aliphatic carbocycles. The normalized spacial score (nSPS) is 12.9. The van der Waals surface area contributed by atoms with Crippen LogP contribution in [0, 0.1) is 0 Å². The highest BCUT2D eigenvalue weighted by Crippen LogP contribution is 2.28. The predicted octanol–water partition coefficient (Wildman–Crippen LogP) is 2.52. The van der Waals surface area contributed by atoms with E-state index in [1.54, 1.807) is 0 Å². The summed E-state index contributed by atoms with van der Waals surface area (Å²) in [6, 6.07) is 0. The van der Waals surface area contributed by atoms with Crippen LogP contribution in [-0.4, -0.2) is 83.5 Å². The van der Waals surface area contributed by atoms with E-state index in [0.717, 1.165) is 51.9 Å². The Morgan fingerprint density at radius 3 is 1.55 bits per heavy atom. The third-order valence-corrected chi connectivity index (χ3v) is 9.00. The van der Waals surface area contributed by atoms with Crippen molar-refractivity contribution in [2.75, 3.05) is 45.4 Å². The highest BCUT2D eigenvalue weighted by molar-refractivity contribution is 7.05. The summed E-state index contributed by atoms with van der Waals surface area (Å²) in [5, 5.41) is 0.0961. The van der Waals surface area contributed by atoms with Crippen molar-refractivity contribution < 1.29 is 0 Å². The average molecular weight is 340 g/mol. The fourth-order valence-corrected chi connectivity index (χ4v) is 8.32. The molecule has 0 unspecified atom stereocenters. The zero-order valence-electron chi connectivity index (χ0n) is 15.8. The highest BCUT2D eigenvalue weighted by Gasteiger charge is 2.44. The molecule has 0 fully saturated rings. The van der Waals surface area contributed by atoms with E-state index in [1.807, 2.05) is 0 Å². The van der Waals surface area contributed by atoms with Gasteiger partial charge in [0, 0.05) is 9.76 Å². The molecular formula is C17H37N3Si2. The Morgan fingerprint density at radius 1 is 0.864 bits per heavy atom. The smallest absolute Gasteiger partial charge is 0.0920 e. The van der Waals surface area contributed by atoms with Crippen molar-refractivity contribution >= 4 is 18.1 Å². The van der Waals surface area contributed by atoms with E-state index in [-0.39, 0.29) is 5.29 Å². The van der Waals surface area contributed by atoms with Gasteiger partial charge in [-0.05, 0) is 51.9 Å². The Bertz CT molecular complexity index is 276. The van der Waals surface area contributed by atoms with Crippen molar-refractivity contribution in [2.45, 2.75) is 53.2 Å². The van der Waals surface area contributed by atoms with Gasteiger partial charge in [0.05, 0.1) is 13.6 Å². The largest absolute Gasteiger partial charge is 0.307 e. The maximum atomic E-state index is 4.24. The second-order valence-electron chi connectivity index (χ2n) is 5.59. The molecule has 0 saturated heterocycles. The van der Waals surface area contributed by atoms with Crippen LogP contribution in [0.1, 0.15) is 48.0 Å². The lowest BCUT2D eigenvalue weighted by Crippen LogP contribution is -2.71. The summed E-state index contributed by atoms with van der Waals surface area (Å²) < 4.78 is 0. The van der Waals surface area contributed by atoms with Crippen LogP contribution in [0.25, 0.3) is 0 Å². The van der Waals surface area contributed by atoms with Gasteiger partial charge in [0.15, 0.2) is 0 Å². The number of hydrogen-bond acceptors (Lipinski definition) is 3. The lowest BCUT2D eigenvalue weighted by Gasteiger charge is -2.54. The molecule has 0 amide bonds. The van der Waals surface area contributed by atoms with Crippen molar-refractivity contribution in [1.82, 2.24) is 14.7 Å². The topological polar surface area (TPSA) is 9.72 Å². The standard InChI is InChI=1S/C17H37N3Si2/c1-8-15-17(19(11-4)12-5,20(13-6)14-7)22(21)16-18(9-2)10-3/h8H,1,9-16H2,2-7H3. The van der Waals surface area contributed by atoms with Gasteiger partial charge in [-0.1, -0.05) is 47.6 Å². The molecule has 0 saturated carbocycles. The average Bonchev–Trinajstić information content (AvgIpc) is 2.54. The van der Waals surface area contributed by atoms with Crippen LogP contribution < -0.4 is 0 Å². The van der Waals surface area contributed by atoms with Crippen LogP contribution in [0.3, 0.4) is 0 Å². The van der Waals surface area contributed by atoms with Gasteiger partial charge >= 0.3 is 0 Å². The van der Waals surface area contributed by atoms with E-state index < -0.39 is 8.31 Å². The first-order chi connectivity index (χ1) is 10.5. The maximum Gasteiger partial charge on any atom is 0.0920 e. The van der Waals surface area contributed by atoms with Crippen molar-refractivity contribution in [3.8, 4) is 0 Å². The van der Waals surface area contributed by atoms with Gasteiger partial charge in [-0.2, -0.15) is 0 Å². The third-order valence-electron chi connectivity index (χ3n) is 4.76. The zero-order valence-corrected chi connectivity index (χ0v) is 17.8. The van der Waals surface area contributed by atoms with E-state index in [9.17, 15) is 0 Å². The summed E-state index contributed by atoms with van der Waals surface area (Å²) in [5.41, 5.74) is 0. The van der Waals surface area contributed by atoms with Gasteiger partial charge in [0.2, 0.25) is 0 Å². The second kappa shape index (κ2) is 11.6. The van der Waals surface area contributed by atoms with Gasteiger partial charge in [-0.25, -0.2) is 0 Å². The summed E-state index contributed by atoms with van der Waals surface area (Å²) >= 11 is 0. The molecule has 0 rings (SSSR count). The van der Waals surface area contributed by atoms with Crippen molar-refractivity contribution in [2.24, 2.45) is 0 Å². The van der Waals surface area contributed by atoms with Crippen LogP contribution in [-0.2, 0) is 0 Å². The van der Waals surface area contributed by atoms with Crippen LogP contribution in [0.15, 0.2) is 12.7 Å². The molecule has 0 aliphatic heterocycles. The third kappa shape index (κ3) is 5.03. The van der Waals surface area contributed by atoms with Gasteiger partial charge < -0.3 is 4.90 Å². The highest BCUT2D eigenvalue weighted by atomic mass is 29.1. The Hall–Kier alpha value is 0.0538. The zero-order chi connectivity index (χ0) is 17.2. The molecule has 0 aromatic rings. The first kappa shape index (κ1) is 22.1. The molecule has 4 radical (unpaired) electrons. The number of rotatable bonds is 13. The van der Waals surface area contributed by atoms with E-state index >= 15 is 0 Å². The summed E-state index contributed by atoms with van der Waals surface area (Å²) in [6.07, 6.45) is 4.30. The lowest BCUT2D eigenvalue weighted by molar-refractivity contribution is 0.0145. The van der Waals surface area contributed by atoms with Crippen molar-refractivity contribution in [3.63, 3.8) is 0 Å². The molecule has 0 aromatic heterocycles. The quantitative estimate of drug-likeness (QED) is 0.290. The fraction of sp³-hybridized carbons (Fsp3) is 0.882. The molecule has 0 N–H and O–H groups in total. The molecule has 0 aliphatic rings. The first-order valence-electron chi connectivity index (χ1n) is 8.93. The minimum Gasteiger partial charge on any atom is -0.307 e. The molecule has 128 valence electrons. The summed E-state index contributed by atoms with van der Waals surface area (Å²) in [5.74, 6) is 0. The van der Waals surface area contributed by atoms with E-state index in [2.05, 4.69) is 78.7 Å². The van der Waals surface area contributed by atoms with Crippen LogP contribution >= 0.6 is 0 Å². The minimum absolute atomic E-state index is 0.0961. The molecule has 0 spiro atoms. The molecular weight excluding hydrogens is 302 g/mol. The fourth-order valence-electron chi connectivity index (χ4n) is 3.46. The van der Waals surface area contributed by atoms with Crippen LogP contribution in [0.2, 0.25) is 0 Å². The Morgan fingerprint density at radius 2 is 1.27 bits per heavy atom. The SMILES string of the molecule is C=CCC(N(CC)CC)(N(CC)CC)[Si]([Si])CN(CC)CC. The Kier molecular flexibility index (Phi) is 11.6. The van der Waals surface area contributed by atoms with Gasteiger partial charge in [-0.3, -0.25) is 9.80 Å². The van der Waals surface area contributed by atoms with E-state index in [1.165, 1.54) is 0 Å². The lowest BCUT2D eigenvalue weighted by atomic mass is 10.2. The molecule has 0 heterocycles. The second-order valence-corrected chi connectivity index (χ2v) is 9.48. The van der Waals surface area contributed by atoms with Crippen molar-refractivity contribution in [1.29, 1.82) is 0 Å². The summed E-state index contributed by atoms with van der Waals surface area (Å²) in [4.78, 5) is 7.84. The van der Waals surface area contributed by atoms with Crippen molar-refractivity contribution in [3.05, 3.63) is 12.7 Å². The summed E-state index contributed by atoms with van der Waals surface area (Å²) in [7, 11) is 3.43. The Balaban J connectivity index is 5.72. The monoisotopic (exact) mass is 339 g/mol. The van der Waals surface area contributed by atoms with E-state index in [4.69, 9.17) is 0 Å². The molecule has 22 heavy (non-hydrogen) atoms. The van der Waals surface area contributed by atoms with Gasteiger partial charge in [0.1, 0.15) is 0 Å². The molecule has 5 heteroatoms. The Labute approximate surface area is 144 Å². The molecule has 3 nitrogen and oxygen atoms in total. The maximum absolute atomic E-state index is 4.24. The number of nitrogens with zero attached hydrogens (tertiary/aromatic N) is 3. The van der Waals surface area contributed by atoms with Gasteiger partial charge in [-0.15, -0.1) is 6.58 Å². The molecule has 0 bridgehead atoms. The minimum atomic E-state index is -0.807. The molecule has 0 aromatic carbocycles. The first-order valence-corrected chi connectivity index (χ1v) is 12.1. The number of hydrogen-bond donors (Lipinski definition) is 0. The van der Waals surface area contributed by atoms with E-state index in [0.29, 0.717) is 0 Å². The predicted molar refractivity (Wildman–Crippen MR) is 103 cm³/mol. The van der Waals surface area contributed by atoms with Crippen LogP contribution in [0.5, 0.6) is 0 Å². The molecule has 0 atom stereocenters. The van der Waals surface area contributed by atoms with Crippen LogP contribution in [0.4, 0.5) is 0 Å². The van der Waals surface area contributed by atoms with Gasteiger partial charge in [0.25, 0.3) is 0 Å². The summed E-state index contributed by atoms with van der Waals surface area (Å²) in [6.45, 7) is 24.3.